The quantitative estimate of drug-likeness (QED) is 0.437. The van der Waals surface area contributed by atoms with Crippen LogP contribution in [0.25, 0.3) is 0 Å². The molecule has 7 heteroatoms. The van der Waals surface area contributed by atoms with Gasteiger partial charge in [0, 0.05) is 12.6 Å². The first-order valence-corrected chi connectivity index (χ1v) is 11.8. The third-order valence-corrected chi connectivity index (χ3v) is 7.65. The molecule has 1 saturated carbocycles. The first-order chi connectivity index (χ1) is 12.5. The second-order valence-corrected chi connectivity index (χ2v) is 9.89. The molecule has 1 heterocycles. The average molecular weight is 399 g/mol. The molecule has 1 aliphatic carbocycles. The molecule has 1 amide bonds. The fourth-order valence-electron chi connectivity index (χ4n) is 3.35. The lowest BCUT2D eigenvalue weighted by molar-refractivity contribution is -0.119. The maximum atomic E-state index is 12.3. The highest BCUT2D eigenvalue weighted by Crippen LogP contribution is 2.30. The predicted octanol–water partition coefficient (Wildman–Crippen LogP) is 4.81. The van der Waals surface area contributed by atoms with E-state index in [1.807, 2.05) is 0 Å². The molecule has 2 rings (SSSR count). The van der Waals surface area contributed by atoms with E-state index in [0.29, 0.717) is 23.6 Å². The predicted molar refractivity (Wildman–Crippen MR) is 112 cm³/mol. The number of amides is 1. The molecule has 148 valence electrons. The molecule has 26 heavy (non-hydrogen) atoms. The number of nitrogens with zero attached hydrogens (tertiary/aromatic N) is 2. The van der Waals surface area contributed by atoms with Crippen molar-refractivity contribution in [1.82, 2.24) is 15.5 Å². The van der Waals surface area contributed by atoms with Crippen molar-refractivity contribution < 1.29 is 4.79 Å². The smallest absolute Gasteiger partial charge is 0.230 e. The number of nitrogens with one attached hydrogen (secondary N) is 2. The highest BCUT2D eigenvalue weighted by molar-refractivity contribution is 8.01. The Bertz CT molecular complexity index is 551. The summed E-state index contributed by atoms with van der Waals surface area (Å²) >= 11 is 3.02. The number of hydrogen-bond acceptors (Lipinski definition) is 6. The molecule has 1 aromatic heterocycles. The Kier molecular flexibility index (Phi) is 9.19. The van der Waals surface area contributed by atoms with E-state index in [0.717, 1.165) is 34.8 Å². The van der Waals surface area contributed by atoms with E-state index in [1.165, 1.54) is 48.8 Å². The van der Waals surface area contributed by atoms with Crippen LogP contribution in [0.4, 0.5) is 5.13 Å². The van der Waals surface area contributed by atoms with Crippen LogP contribution in [-0.2, 0) is 4.79 Å². The Labute approximate surface area is 166 Å². The lowest BCUT2D eigenvalue weighted by Crippen LogP contribution is -2.44. The van der Waals surface area contributed by atoms with Crippen molar-refractivity contribution in [2.24, 2.45) is 17.8 Å². The van der Waals surface area contributed by atoms with Crippen LogP contribution in [0.2, 0.25) is 0 Å². The largest absolute Gasteiger partial charge is 0.360 e. The normalized spacial score (nSPS) is 24.2. The Morgan fingerprint density at radius 3 is 2.92 bits per heavy atom. The van der Waals surface area contributed by atoms with Gasteiger partial charge in [0.05, 0.1) is 5.75 Å². The van der Waals surface area contributed by atoms with Crippen LogP contribution in [0.1, 0.15) is 66.2 Å². The third kappa shape index (κ3) is 7.06. The molecule has 1 fully saturated rings. The topological polar surface area (TPSA) is 66.9 Å². The minimum atomic E-state index is 0.110. The van der Waals surface area contributed by atoms with Crippen LogP contribution >= 0.6 is 23.1 Å². The van der Waals surface area contributed by atoms with E-state index >= 15 is 0 Å². The second-order valence-electron chi connectivity index (χ2n) is 7.69. The number of carbonyl (C=O) groups is 1. The molecule has 1 aromatic rings. The minimum Gasteiger partial charge on any atom is -0.360 e. The summed E-state index contributed by atoms with van der Waals surface area (Å²) in [4.78, 5) is 12.3. The molecule has 0 unspecified atom stereocenters. The van der Waals surface area contributed by atoms with Crippen LogP contribution in [0.15, 0.2) is 4.34 Å². The van der Waals surface area contributed by atoms with Crippen molar-refractivity contribution in [2.45, 2.75) is 76.6 Å². The molecule has 5 nitrogen and oxygen atoms in total. The molecule has 0 spiro atoms. The minimum absolute atomic E-state index is 0.110. The number of carbonyl (C=O) groups excluding carboxylic acids is 1. The summed E-state index contributed by atoms with van der Waals surface area (Å²) in [5.41, 5.74) is 0. The third-order valence-electron chi connectivity index (χ3n) is 5.63. The van der Waals surface area contributed by atoms with Crippen molar-refractivity contribution in [1.29, 1.82) is 0 Å². The van der Waals surface area contributed by atoms with Gasteiger partial charge in [-0.15, -0.1) is 10.2 Å². The average Bonchev–Trinajstić information content (AvgIpc) is 3.08. The van der Waals surface area contributed by atoms with Crippen molar-refractivity contribution >= 4 is 34.1 Å². The molecule has 0 aromatic carbocycles. The number of thioether (sulfide) groups is 1. The van der Waals surface area contributed by atoms with E-state index in [-0.39, 0.29) is 5.91 Å². The molecule has 0 saturated heterocycles. The Hall–Kier alpha value is -0.820. The van der Waals surface area contributed by atoms with Crippen molar-refractivity contribution in [3.8, 4) is 0 Å². The Balaban J connectivity index is 1.66. The van der Waals surface area contributed by atoms with Gasteiger partial charge in [0.15, 0.2) is 4.34 Å². The lowest BCUT2D eigenvalue weighted by Gasteiger charge is -2.34. The van der Waals surface area contributed by atoms with Gasteiger partial charge in [-0.1, -0.05) is 70.1 Å². The van der Waals surface area contributed by atoms with Crippen molar-refractivity contribution in [2.75, 3.05) is 17.6 Å². The van der Waals surface area contributed by atoms with Gasteiger partial charge < -0.3 is 10.6 Å². The number of hydrogen-bond donors (Lipinski definition) is 2. The van der Waals surface area contributed by atoms with E-state index < -0.39 is 0 Å². The van der Waals surface area contributed by atoms with Crippen LogP contribution in [-0.4, -0.2) is 34.4 Å². The maximum absolute atomic E-state index is 12.3. The monoisotopic (exact) mass is 398 g/mol. The maximum Gasteiger partial charge on any atom is 0.230 e. The first kappa shape index (κ1) is 21.5. The van der Waals surface area contributed by atoms with Crippen molar-refractivity contribution in [3.05, 3.63) is 0 Å². The Morgan fingerprint density at radius 1 is 1.35 bits per heavy atom. The summed E-state index contributed by atoms with van der Waals surface area (Å²) in [6.07, 6.45) is 7.22. The molecule has 0 bridgehead atoms. The fourth-order valence-corrected chi connectivity index (χ4v) is 4.94. The SMILES string of the molecule is CC[C@H](C)CCCNc1nnc(SCC(=O)N[C@@H]2CCC[C@@H](C)[C@@H]2C)s1. The van der Waals surface area contributed by atoms with E-state index in [4.69, 9.17) is 0 Å². The van der Waals surface area contributed by atoms with Gasteiger partial charge >= 0.3 is 0 Å². The Morgan fingerprint density at radius 2 is 2.15 bits per heavy atom. The second kappa shape index (κ2) is 11.1. The van der Waals surface area contributed by atoms with Gasteiger partial charge in [-0.2, -0.15) is 0 Å². The van der Waals surface area contributed by atoms with Crippen LogP contribution in [0, 0.1) is 17.8 Å². The fraction of sp³-hybridized carbons (Fsp3) is 0.842. The summed E-state index contributed by atoms with van der Waals surface area (Å²) in [5.74, 6) is 2.56. The van der Waals surface area contributed by atoms with Gasteiger partial charge in [-0.25, -0.2) is 0 Å². The van der Waals surface area contributed by atoms with Gasteiger partial charge in [0.2, 0.25) is 11.0 Å². The first-order valence-electron chi connectivity index (χ1n) is 9.99. The van der Waals surface area contributed by atoms with Crippen LogP contribution < -0.4 is 10.6 Å². The molecule has 0 radical (unpaired) electrons. The lowest BCUT2D eigenvalue weighted by atomic mass is 9.78. The van der Waals surface area contributed by atoms with Gasteiger partial charge in [0.1, 0.15) is 0 Å². The molecular weight excluding hydrogens is 364 g/mol. The molecule has 1 aliphatic rings. The number of rotatable bonds is 10. The summed E-state index contributed by atoms with van der Waals surface area (Å²) < 4.78 is 0.856. The summed E-state index contributed by atoms with van der Waals surface area (Å²) in [7, 11) is 0. The highest BCUT2D eigenvalue weighted by Gasteiger charge is 2.28. The zero-order valence-corrected chi connectivity index (χ0v) is 18.2. The van der Waals surface area contributed by atoms with Crippen molar-refractivity contribution in [3.63, 3.8) is 0 Å². The van der Waals surface area contributed by atoms with E-state index in [2.05, 4.69) is 48.5 Å². The number of anilines is 1. The van der Waals surface area contributed by atoms with Crippen LogP contribution in [0.5, 0.6) is 0 Å². The van der Waals surface area contributed by atoms with Gasteiger partial charge in [-0.3, -0.25) is 4.79 Å². The number of aromatic nitrogens is 2. The van der Waals surface area contributed by atoms with E-state index in [1.54, 1.807) is 0 Å². The highest BCUT2D eigenvalue weighted by atomic mass is 32.2. The molecule has 0 aliphatic heterocycles. The summed E-state index contributed by atoms with van der Waals surface area (Å²) in [6.45, 7) is 10.0. The van der Waals surface area contributed by atoms with Gasteiger partial charge in [-0.05, 0) is 37.0 Å². The zero-order valence-electron chi connectivity index (χ0n) is 16.6. The molecule has 2 N–H and O–H groups in total. The summed E-state index contributed by atoms with van der Waals surface area (Å²) in [6, 6.07) is 0.323. The zero-order chi connectivity index (χ0) is 18.9. The molecular formula is C19H34N4OS2. The van der Waals surface area contributed by atoms with Gasteiger partial charge in [0.25, 0.3) is 0 Å². The summed E-state index contributed by atoms with van der Waals surface area (Å²) in [5, 5.41) is 15.8. The van der Waals surface area contributed by atoms with Crippen LogP contribution in [0.3, 0.4) is 0 Å². The standard InChI is InChI=1S/C19H34N4OS2/c1-5-13(2)8-7-11-20-18-22-23-19(26-18)25-12-17(24)21-16-10-6-9-14(3)15(16)4/h13-16H,5-12H2,1-4H3,(H,20,22)(H,21,24)/t13-,14+,15-,16+/m0/s1. The molecule has 4 atom stereocenters. The van der Waals surface area contributed by atoms with E-state index in [9.17, 15) is 4.79 Å².